The quantitative estimate of drug-likeness (QED) is 0.623. The maximum atomic E-state index is 11.5. The molecule has 0 unspecified atom stereocenters. The Morgan fingerprint density at radius 2 is 2.29 bits per heavy atom. The molecule has 1 aromatic heterocycles. The third kappa shape index (κ3) is 2.27. The average molecular weight is 263 g/mol. The highest BCUT2D eigenvalue weighted by molar-refractivity contribution is 6.30. The first-order valence-electron chi connectivity index (χ1n) is 4.98. The van der Waals surface area contributed by atoms with Crippen molar-refractivity contribution >= 4 is 11.6 Å². The summed E-state index contributed by atoms with van der Waals surface area (Å²) in [5.41, 5.74) is -1.35. The Morgan fingerprint density at radius 3 is 2.88 bits per heavy atom. The number of aliphatic hydroxyl groups is 2. The Hall–Kier alpha value is -1.15. The molecule has 3 N–H and O–H groups in total. The molecule has 0 spiro atoms. The second kappa shape index (κ2) is 4.61. The summed E-state index contributed by atoms with van der Waals surface area (Å²) in [6.07, 6.45) is -1.04. The summed E-state index contributed by atoms with van der Waals surface area (Å²) in [6.45, 7) is -0.344. The van der Waals surface area contributed by atoms with Crippen LogP contribution in [0.1, 0.15) is 12.6 Å². The number of nitrogens with one attached hydrogen (secondary N) is 1. The molecule has 8 heteroatoms. The highest BCUT2D eigenvalue weighted by atomic mass is 35.5. The van der Waals surface area contributed by atoms with Gasteiger partial charge in [0.05, 0.1) is 12.7 Å². The van der Waals surface area contributed by atoms with Crippen LogP contribution in [-0.2, 0) is 4.74 Å². The minimum Gasteiger partial charge on any atom is -0.394 e. The van der Waals surface area contributed by atoms with Crippen molar-refractivity contribution in [3.8, 4) is 0 Å². The number of nitrogens with zero attached hydrogens (tertiary/aromatic N) is 1. The van der Waals surface area contributed by atoms with Crippen LogP contribution in [0.5, 0.6) is 0 Å². The largest absolute Gasteiger partial charge is 0.394 e. The molecule has 7 nitrogen and oxygen atoms in total. The number of hydrogen-bond acceptors (Lipinski definition) is 5. The zero-order chi connectivity index (χ0) is 12.6. The van der Waals surface area contributed by atoms with Crippen molar-refractivity contribution in [2.75, 3.05) is 6.61 Å². The standard InChI is InChI=1S/C9H11ClN2O5/c10-4-2-12(9(16)11-8(4)15)7-1-5(14)6(3-13)17-7/h2,5-7,13-14H,1,3H2,(H,11,15,16)/t5-,6-,7+/m0/s1. The van der Waals surface area contributed by atoms with E-state index in [4.69, 9.17) is 21.4 Å². The van der Waals surface area contributed by atoms with Gasteiger partial charge in [0, 0.05) is 12.6 Å². The lowest BCUT2D eigenvalue weighted by molar-refractivity contribution is -0.0459. The molecule has 0 aromatic carbocycles. The van der Waals surface area contributed by atoms with Crippen molar-refractivity contribution in [3.63, 3.8) is 0 Å². The van der Waals surface area contributed by atoms with E-state index in [2.05, 4.69) is 0 Å². The Labute approximate surface area is 100 Å². The summed E-state index contributed by atoms with van der Waals surface area (Å²) in [5, 5.41) is 18.3. The lowest BCUT2D eigenvalue weighted by Crippen LogP contribution is -2.32. The normalized spacial score (nSPS) is 28.5. The number of rotatable bonds is 2. The summed E-state index contributed by atoms with van der Waals surface area (Å²) in [4.78, 5) is 24.6. The van der Waals surface area contributed by atoms with Gasteiger partial charge in [-0.3, -0.25) is 14.3 Å². The van der Waals surface area contributed by atoms with Crippen LogP contribution in [-0.4, -0.2) is 38.6 Å². The van der Waals surface area contributed by atoms with Crippen LogP contribution in [0.15, 0.2) is 15.8 Å². The van der Waals surface area contributed by atoms with Gasteiger partial charge in [-0.25, -0.2) is 4.79 Å². The Morgan fingerprint density at radius 1 is 1.59 bits per heavy atom. The molecule has 2 rings (SSSR count). The first-order chi connectivity index (χ1) is 8.02. The predicted molar refractivity (Wildman–Crippen MR) is 58.0 cm³/mol. The fourth-order valence-electron chi connectivity index (χ4n) is 1.72. The van der Waals surface area contributed by atoms with Crippen molar-refractivity contribution in [3.05, 3.63) is 32.1 Å². The van der Waals surface area contributed by atoms with E-state index in [0.717, 1.165) is 10.8 Å². The van der Waals surface area contributed by atoms with Gasteiger partial charge in [-0.2, -0.15) is 0 Å². The van der Waals surface area contributed by atoms with E-state index >= 15 is 0 Å². The second-order valence-corrected chi connectivity index (χ2v) is 4.17. The van der Waals surface area contributed by atoms with E-state index in [0.29, 0.717) is 0 Å². The highest BCUT2D eigenvalue weighted by Crippen LogP contribution is 2.27. The van der Waals surface area contributed by atoms with Gasteiger partial charge in [-0.1, -0.05) is 11.6 Å². The molecule has 1 aromatic rings. The Kier molecular flexibility index (Phi) is 3.34. The summed E-state index contributed by atoms with van der Waals surface area (Å²) in [7, 11) is 0. The number of aromatic nitrogens is 2. The fourth-order valence-corrected chi connectivity index (χ4v) is 1.88. The van der Waals surface area contributed by atoms with E-state index in [-0.39, 0.29) is 18.1 Å². The van der Waals surface area contributed by atoms with Gasteiger partial charge < -0.3 is 14.9 Å². The molecular formula is C9H11ClN2O5. The molecule has 0 bridgehead atoms. The van der Waals surface area contributed by atoms with Crippen molar-refractivity contribution < 1.29 is 14.9 Å². The molecular weight excluding hydrogens is 252 g/mol. The summed E-state index contributed by atoms with van der Waals surface area (Å²) in [5.74, 6) is 0. The highest BCUT2D eigenvalue weighted by Gasteiger charge is 2.35. The minimum absolute atomic E-state index is 0.143. The third-order valence-electron chi connectivity index (χ3n) is 2.62. The maximum Gasteiger partial charge on any atom is 0.330 e. The molecule has 0 amide bonds. The maximum absolute atomic E-state index is 11.5. The van der Waals surface area contributed by atoms with Crippen molar-refractivity contribution in [2.45, 2.75) is 24.9 Å². The molecule has 1 aliphatic heterocycles. The number of aliphatic hydroxyl groups excluding tert-OH is 2. The smallest absolute Gasteiger partial charge is 0.330 e. The van der Waals surface area contributed by atoms with E-state index in [9.17, 15) is 14.7 Å². The molecule has 0 radical (unpaired) electrons. The number of ether oxygens (including phenoxy) is 1. The first kappa shape index (κ1) is 12.3. The van der Waals surface area contributed by atoms with Crippen LogP contribution >= 0.6 is 11.6 Å². The van der Waals surface area contributed by atoms with Crippen LogP contribution in [0.4, 0.5) is 0 Å². The minimum atomic E-state index is -0.859. The third-order valence-corrected chi connectivity index (χ3v) is 2.89. The topological polar surface area (TPSA) is 105 Å². The Bertz CT molecular complexity index is 525. The molecule has 94 valence electrons. The van der Waals surface area contributed by atoms with Crippen LogP contribution in [0.25, 0.3) is 0 Å². The molecule has 1 saturated heterocycles. The lowest BCUT2D eigenvalue weighted by Gasteiger charge is -2.14. The van der Waals surface area contributed by atoms with Crippen molar-refractivity contribution in [1.82, 2.24) is 9.55 Å². The van der Waals surface area contributed by atoms with Gasteiger partial charge in [0.25, 0.3) is 5.56 Å². The Balaban J connectivity index is 2.34. The summed E-state index contributed by atoms with van der Waals surface area (Å²) < 4.78 is 6.35. The van der Waals surface area contributed by atoms with Crippen LogP contribution in [0, 0.1) is 0 Å². The zero-order valence-electron chi connectivity index (χ0n) is 8.67. The van der Waals surface area contributed by atoms with Gasteiger partial charge in [0.15, 0.2) is 0 Å². The van der Waals surface area contributed by atoms with Gasteiger partial charge in [-0.05, 0) is 0 Å². The first-order valence-corrected chi connectivity index (χ1v) is 5.36. The fraction of sp³-hybridized carbons (Fsp3) is 0.556. The van der Waals surface area contributed by atoms with E-state index < -0.39 is 29.7 Å². The zero-order valence-corrected chi connectivity index (χ0v) is 9.42. The average Bonchev–Trinajstić information content (AvgIpc) is 2.65. The van der Waals surface area contributed by atoms with Gasteiger partial charge in [0.2, 0.25) is 0 Å². The number of aromatic amines is 1. The van der Waals surface area contributed by atoms with E-state index in [1.807, 2.05) is 4.98 Å². The molecule has 3 atom stereocenters. The van der Waals surface area contributed by atoms with E-state index in [1.165, 1.54) is 0 Å². The van der Waals surface area contributed by atoms with Crippen LogP contribution < -0.4 is 11.2 Å². The van der Waals surface area contributed by atoms with Gasteiger partial charge >= 0.3 is 5.69 Å². The summed E-state index contributed by atoms with van der Waals surface area (Å²) >= 11 is 5.60. The SMILES string of the molecule is O=c1[nH]c(=O)n([C@H]2C[C@H](O)[C@H](CO)O2)cc1Cl. The number of halogens is 1. The molecule has 0 aliphatic carbocycles. The molecule has 2 heterocycles. The van der Waals surface area contributed by atoms with Gasteiger partial charge in [0.1, 0.15) is 17.4 Å². The van der Waals surface area contributed by atoms with Crippen LogP contribution in [0.2, 0.25) is 5.02 Å². The number of H-pyrrole nitrogens is 1. The number of hydrogen-bond donors (Lipinski definition) is 3. The van der Waals surface area contributed by atoms with Crippen LogP contribution in [0.3, 0.4) is 0 Å². The van der Waals surface area contributed by atoms with Crippen molar-refractivity contribution in [1.29, 1.82) is 0 Å². The second-order valence-electron chi connectivity index (χ2n) is 3.76. The van der Waals surface area contributed by atoms with Crippen molar-refractivity contribution in [2.24, 2.45) is 0 Å². The van der Waals surface area contributed by atoms with Gasteiger partial charge in [-0.15, -0.1) is 0 Å². The van der Waals surface area contributed by atoms with E-state index in [1.54, 1.807) is 0 Å². The molecule has 1 aliphatic rings. The monoisotopic (exact) mass is 262 g/mol. The lowest BCUT2D eigenvalue weighted by atomic mass is 10.2. The molecule has 0 saturated carbocycles. The predicted octanol–water partition coefficient (Wildman–Crippen LogP) is -1.17. The summed E-state index contributed by atoms with van der Waals surface area (Å²) in [6, 6.07) is 0. The molecule has 1 fully saturated rings. The molecule has 17 heavy (non-hydrogen) atoms.